The number of rotatable bonds is 6. The Bertz CT molecular complexity index is 1830. The maximum atomic E-state index is 13.5. The van der Waals surface area contributed by atoms with E-state index in [9.17, 15) is 4.79 Å². The number of benzene rings is 2. The van der Waals surface area contributed by atoms with Crippen LogP contribution in [0.2, 0.25) is 0 Å². The van der Waals surface area contributed by atoms with Crippen LogP contribution in [0.15, 0.2) is 60.8 Å². The number of aromatic nitrogens is 3. The fourth-order valence-corrected chi connectivity index (χ4v) is 8.13. The molecule has 48 heavy (non-hydrogen) atoms. The monoisotopic (exact) mass is 649 g/mol. The smallest absolute Gasteiger partial charge is 0.319 e. The predicted octanol–water partition coefficient (Wildman–Crippen LogP) is 6.38. The summed E-state index contributed by atoms with van der Waals surface area (Å²) >= 11 is 0. The number of fused-ring (bicyclic) bond motifs is 3. The summed E-state index contributed by atoms with van der Waals surface area (Å²) in [6.07, 6.45) is 7.01. The average molecular weight is 650 g/mol. The number of hydrogen-bond acceptors (Lipinski definition) is 7. The number of ether oxygens (including phenoxy) is 2. The molecule has 0 bridgehead atoms. The maximum absolute atomic E-state index is 13.5. The van der Waals surface area contributed by atoms with Gasteiger partial charge in [0.1, 0.15) is 11.9 Å². The number of nitrogens with one attached hydrogen (secondary N) is 2. The van der Waals surface area contributed by atoms with Crippen molar-refractivity contribution in [3.8, 4) is 5.75 Å². The molecule has 2 aliphatic carbocycles. The van der Waals surface area contributed by atoms with Gasteiger partial charge in [-0.2, -0.15) is 0 Å². The lowest BCUT2D eigenvalue weighted by atomic mass is 9.78. The first-order chi connectivity index (χ1) is 23.2. The highest BCUT2D eigenvalue weighted by Gasteiger charge is 2.58. The molecule has 3 fully saturated rings. The minimum Gasteiger partial charge on any atom is -0.484 e. The van der Waals surface area contributed by atoms with E-state index in [1.165, 1.54) is 23.1 Å². The normalized spacial score (nSPS) is 25.7. The third-order valence-corrected chi connectivity index (χ3v) is 11.0. The van der Waals surface area contributed by atoms with Crippen LogP contribution in [0.3, 0.4) is 0 Å². The Hall–Kier alpha value is -4.15. The van der Waals surface area contributed by atoms with E-state index in [4.69, 9.17) is 9.47 Å². The number of likely N-dealkylation sites (tertiary alicyclic amines) is 1. The number of urea groups is 1. The van der Waals surface area contributed by atoms with Gasteiger partial charge >= 0.3 is 6.03 Å². The lowest BCUT2D eigenvalue weighted by molar-refractivity contribution is 0.122. The molecule has 2 saturated heterocycles. The van der Waals surface area contributed by atoms with Gasteiger partial charge in [0.05, 0.1) is 25.5 Å². The third kappa shape index (κ3) is 5.79. The third-order valence-electron chi connectivity index (χ3n) is 11.0. The molecule has 8 rings (SSSR count). The van der Waals surface area contributed by atoms with E-state index >= 15 is 0 Å². The quantitative estimate of drug-likeness (QED) is 0.251. The van der Waals surface area contributed by atoms with E-state index in [-0.39, 0.29) is 35.0 Å². The van der Waals surface area contributed by atoms with Crippen molar-refractivity contribution in [2.45, 2.75) is 81.9 Å². The highest BCUT2D eigenvalue weighted by Crippen LogP contribution is 2.58. The molecule has 2 aromatic carbocycles. The zero-order valence-electron chi connectivity index (χ0n) is 28.5. The van der Waals surface area contributed by atoms with E-state index < -0.39 is 0 Å². The zero-order chi connectivity index (χ0) is 33.0. The van der Waals surface area contributed by atoms with Gasteiger partial charge in [0.2, 0.25) is 0 Å². The first-order valence-electron chi connectivity index (χ1n) is 17.5. The summed E-state index contributed by atoms with van der Waals surface area (Å²) in [7, 11) is 2.16. The van der Waals surface area contributed by atoms with Crippen LogP contribution >= 0.6 is 0 Å². The van der Waals surface area contributed by atoms with Crippen LogP contribution in [0, 0.1) is 0 Å². The molecule has 1 unspecified atom stereocenters. The number of amides is 2. The van der Waals surface area contributed by atoms with Crippen molar-refractivity contribution in [1.29, 1.82) is 0 Å². The summed E-state index contributed by atoms with van der Waals surface area (Å²) in [6, 6.07) is 19.3. The van der Waals surface area contributed by atoms with Crippen molar-refractivity contribution in [3.05, 3.63) is 83.3 Å². The standard InChI is InChI=1S/C38H47N7O3/c1-37(2,3)25-20-26(22-27(21-25)44-16-18-47-19-17-44)39-36(46)40-33-23-38(33)14-13-32(29-8-5-6-9-30(29)38)48-28-11-12-34-41-42-35(45(34)24-28)31-10-7-15-43(31)4/h5-6,8-9,11-12,20-22,24,31-33H,7,10,13-19,23H2,1-4H3,(H2,39,40,46)/t31-,32+,33-,38?/m0/s1. The Balaban J connectivity index is 0.975. The second kappa shape index (κ2) is 12.1. The Labute approximate surface area is 282 Å². The van der Waals surface area contributed by atoms with E-state index in [1.54, 1.807) is 0 Å². The first-order valence-corrected chi connectivity index (χ1v) is 17.5. The zero-order valence-corrected chi connectivity index (χ0v) is 28.5. The van der Waals surface area contributed by atoms with Crippen molar-refractivity contribution in [1.82, 2.24) is 24.8 Å². The molecule has 1 spiro atoms. The number of carbonyl (C=O) groups is 1. The van der Waals surface area contributed by atoms with Gasteiger partial charge in [0.15, 0.2) is 11.5 Å². The molecule has 252 valence electrons. The molecular weight excluding hydrogens is 602 g/mol. The second-order valence-corrected chi connectivity index (χ2v) is 15.2. The molecular formula is C38H47N7O3. The predicted molar refractivity (Wildman–Crippen MR) is 187 cm³/mol. The highest BCUT2D eigenvalue weighted by atomic mass is 16.5. The topological polar surface area (TPSA) is 96.3 Å². The van der Waals surface area contributed by atoms with E-state index in [1.807, 2.05) is 12.1 Å². The van der Waals surface area contributed by atoms with Gasteiger partial charge in [-0.1, -0.05) is 45.0 Å². The number of carbonyl (C=O) groups excluding carboxylic acids is 1. The fourth-order valence-electron chi connectivity index (χ4n) is 8.13. The van der Waals surface area contributed by atoms with Crippen molar-refractivity contribution in [2.75, 3.05) is 50.1 Å². The summed E-state index contributed by atoms with van der Waals surface area (Å²) in [4.78, 5) is 18.2. The number of morpholine rings is 1. The summed E-state index contributed by atoms with van der Waals surface area (Å²) in [5, 5.41) is 15.5. The minimum absolute atomic E-state index is 0.0451. The van der Waals surface area contributed by atoms with Crippen molar-refractivity contribution in [3.63, 3.8) is 0 Å². The highest BCUT2D eigenvalue weighted by molar-refractivity contribution is 5.91. The number of pyridine rings is 1. The minimum atomic E-state index is -0.155. The summed E-state index contributed by atoms with van der Waals surface area (Å²) in [5.74, 6) is 1.80. The van der Waals surface area contributed by atoms with Crippen LogP contribution in [-0.2, 0) is 15.6 Å². The molecule has 2 aliphatic heterocycles. The van der Waals surface area contributed by atoms with Crippen LogP contribution in [0.1, 0.15) is 87.5 Å². The summed E-state index contributed by atoms with van der Waals surface area (Å²) in [5.41, 5.74) is 6.36. The lowest BCUT2D eigenvalue weighted by Gasteiger charge is -2.33. The SMILES string of the molecule is CN1CCC[C@H]1c1nnc2ccc(O[C@@H]3CCC4(C[C@@H]4NC(=O)Nc4cc(N5CCOCC5)cc(C(C)(C)C)c4)c4ccccc43)cn12. The molecule has 2 amide bonds. The Morgan fingerprint density at radius 1 is 1.02 bits per heavy atom. The van der Waals surface area contributed by atoms with Crippen LogP contribution < -0.4 is 20.3 Å². The van der Waals surface area contributed by atoms with Gasteiger partial charge in [-0.05, 0) is 98.1 Å². The average Bonchev–Trinajstić information content (AvgIpc) is 3.35. The van der Waals surface area contributed by atoms with Gasteiger partial charge in [0, 0.05) is 35.9 Å². The van der Waals surface area contributed by atoms with Crippen LogP contribution in [0.5, 0.6) is 5.75 Å². The molecule has 0 radical (unpaired) electrons. The molecule has 2 N–H and O–H groups in total. The molecule has 4 aliphatic rings. The van der Waals surface area contributed by atoms with E-state index in [2.05, 4.69) is 112 Å². The number of hydrogen-bond donors (Lipinski definition) is 2. The van der Waals surface area contributed by atoms with Crippen molar-refractivity contribution in [2.24, 2.45) is 0 Å². The Morgan fingerprint density at radius 3 is 2.65 bits per heavy atom. The van der Waals surface area contributed by atoms with Gasteiger partial charge in [-0.3, -0.25) is 9.30 Å². The Morgan fingerprint density at radius 2 is 1.85 bits per heavy atom. The second-order valence-electron chi connectivity index (χ2n) is 15.2. The van der Waals surface area contributed by atoms with Gasteiger partial charge in [0.25, 0.3) is 0 Å². The summed E-state index contributed by atoms with van der Waals surface area (Å²) in [6.45, 7) is 10.8. The first kappa shape index (κ1) is 31.1. The van der Waals surface area contributed by atoms with Crippen molar-refractivity contribution >= 4 is 23.1 Å². The van der Waals surface area contributed by atoms with Crippen molar-refractivity contribution < 1.29 is 14.3 Å². The van der Waals surface area contributed by atoms with Gasteiger partial charge in [-0.25, -0.2) is 4.79 Å². The molecule has 1 saturated carbocycles. The maximum Gasteiger partial charge on any atom is 0.319 e. The number of anilines is 2. The largest absolute Gasteiger partial charge is 0.484 e. The summed E-state index contributed by atoms with van der Waals surface area (Å²) < 4.78 is 14.4. The lowest BCUT2D eigenvalue weighted by Crippen LogP contribution is -2.37. The molecule has 10 heteroatoms. The molecule has 4 heterocycles. The van der Waals surface area contributed by atoms with Gasteiger partial charge in [-0.15, -0.1) is 10.2 Å². The van der Waals surface area contributed by atoms with Crippen LogP contribution in [0.25, 0.3) is 5.65 Å². The fraction of sp³-hybridized carbons (Fsp3) is 0.500. The number of nitrogens with zero attached hydrogens (tertiary/aromatic N) is 5. The molecule has 2 aromatic heterocycles. The van der Waals surface area contributed by atoms with Crippen LogP contribution in [0.4, 0.5) is 16.2 Å². The van der Waals surface area contributed by atoms with E-state index in [0.717, 1.165) is 87.1 Å². The molecule has 4 atom stereocenters. The molecule has 10 nitrogen and oxygen atoms in total. The van der Waals surface area contributed by atoms with Gasteiger partial charge < -0.3 is 25.0 Å². The van der Waals surface area contributed by atoms with Crippen LogP contribution in [-0.4, -0.2) is 71.5 Å². The molecule has 4 aromatic rings. The van der Waals surface area contributed by atoms with E-state index in [0.29, 0.717) is 0 Å². The Kier molecular flexibility index (Phi) is 7.83.